The van der Waals surface area contributed by atoms with Crippen LogP contribution < -0.4 is 16.0 Å². The number of β-amino-alcohol motifs (C(OH)–C–C–N with tert-alkyl or cyclic N) is 1. The SMILES string of the molecule is O=C(Nc1ccc(Nc2ccccc2)cc1)c1cccc(NC2=CC(=O)N(CCO)C2=O)c1. The lowest BCUT2D eigenvalue weighted by atomic mass is 10.1. The molecule has 33 heavy (non-hydrogen) atoms. The number of benzene rings is 3. The van der Waals surface area contributed by atoms with Crippen molar-refractivity contribution in [3.05, 3.63) is 96.2 Å². The van der Waals surface area contributed by atoms with Crippen LogP contribution in [-0.4, -0.2) is 40.9 Å². The first-order valence-corrected chi connectivity index (χ1v) is 10.3. The lowest BCUT2D eigenvalue weighted by Crippen LogP contribution is -2.34. The number of hydrogen-bond acceptors (Lipinski definition) is 6. The first-order valence-electron chi connectivity index (χ1n) is 10.3. The molecule has 0 radical (unpaired) electrons. The number of rotatable bonds is 8. The zero-order valence-corrected chi connectivity index (χ0v) is 17.6. The second-order valence-corrected chi connectivity index (χ2v) is 7.30. The number of carbonyl (C=O) groups is 3. The number of nitrogens with zero attached hydrogens (tertiary/aromatic N) is 1. The van der Waals surface area contributed by atoms with Crippen molar-refractivity contribution in [1.82, 2.24) is 4.90 Å². The minimum absolute atomic E-state index is 0.0680. The number of amides is 3. The van der Waals surface area contributed by atoms with E-state index < -0.39 is 11.8 Å². The van der Waals surface area contributed by atoms with Gasteiger partial charge in [-0.25, -0.2) is 0 Å². The predicted octanol–water partition coefficient (Wildman–Crippen LogP) is 3.34. The van der Waals surface area contributed by atoms with Crippen LogP contribution in [0.1, 0.15) is 10.4 Å². The fraction of sp³-hybridized carbons (Fsp3) is 0.0800. The van der Waals surface area contributed by atoms with Gasteiger partial charge in [0.1, 0.15) is 5.70 Å². The Balaban J connectivity index is 1.39. The van der Waals surface area contributed by atoms with Crippen molar-refractivity contribution in [2.75, 3.05) is 29.1 Å². The van der Waals surface area contributed by atoms with Gasteiger partial charge in [-0.1, -0.05) is 24.3 Å². The second kappa shape index (κ2) is 9.80. The summed E-state index contributed by atoms with van der Waals surface area (Å²) in [6.07, 6.45) is 1.18. The minimum atomic E-state index is -0.520. The Morgan fingerprint density at radius 3 is 2.18 bits per heavy atom. The van der Waals surface area contributed by atoms with Gasteiger partial charge in [0, 0.05) is 34.4 Å². The van der Waals surface area contributed by atoms with Crippen molar-refractivity contribution in [1.29, 1.82) is 0 Å². The third-order valence-electron chi connectivity index (χ3n) is 4.94. The number of hydrogen-bond donors (Lipinski definition) is 4. The molecule has 3 amide bonds. The monoisotopic (exact) mass is 442 g/mol. The summed E-state index contributed by atoms with van der Waals surface area (Å²) in [6, 6.07) is 23.7. The topological polar surface area (TPSA) is 111 Å². The second-order valence-electron chi connectivity index (χ2n) is 7.30. The maximum Gasteiger partial charge on any atom is 0.277 e. The van der Waals surface area contributed by atoms with Gasteiger partial charge in [-0.15, -0.1) is 0 Å². The van der Waals surface area contributed by atoms with Crippen LogP contribution in [0.15, 0.2) is 90.6 Å². The summed E-state index contributed by atoms with van der Waals surface area (Å²) in [6.45, 7) is -0.376. The molecule has 8 nitrogen and oxygen atoms in total. The Labute approximate surface area is 190 Å². The number of imide groups is 1. The fourth-order valence-electron chi connectivity index (χ4n) is 3.33. The molecule has 166 valence electrons. The minimum Gasteiger partial charge on any atom is -0.395 e. The molecular weight excluding hydrogens is 420 g/mol. The van der Waals surface area contributed by atoms with Gasteiger partial charge in [-0.05, 0) is 54.6 Å². The summed E-state index contributed by atoms with van der Waals surface area (Å²) in [5, 5.41) is 18.0. The normalized spacial score (nSPS) is 13.0. The molecule has 1 aliphatic heterocycles. The van der Waals surface area contributed by atoms with Crippen LogP contribution in [0.3, 0.4) is 0 Å². The van der Waals surface area contributed by atoms with Crippen molar-refractivity contribution in [2.24, 2.45) is 0 Å². The molecule has 4 rings (SSSR count). The number of aliphatic hydroxyl groups excluding tert-OH is 1. The Morgan fingerprint density at radius 2 is 1.45 bits per heavy atom. The van der Waals surface area contributed by atoms with Crippen LogP contribution in [0.4, 0.5) is 22.7 Å². The van der Waals surface area contributed by atoms with Gasteiger partial charge >= 0.3 is 0 Å². The van der Waals surface area contributed by atoms with Crippen LogP contribution in [0.25, 0.3) is 0 Å². The molecule has 0 bridgehead atoms. The van der Waals surface area contributed by atoms with E-state index in [2.05, 4.69) is 16.0 Å². The largest absolute Gasteiger partial charge is 0.395 e. The number of anilines is 4. The molecule has 0 saturated heterocycles. The number of aliphatic hydroxyl groups is 1. The third kappa shape index (κ3) is 5.25. The van der Waals surface area contributed by atoms with Crippen molar-refractivity contribution in [3.8, 4) is 0 Å². The van der Waals surface area contributed by atoms with Crippen molar-refractivity contribution < 1.29 is 19.5 Å². The molecule has 0 unspecified atom stereocenters. The van der Waals surface area contributed by atoms with Gasteiger partial charge in [-0.3, -0.25) is 19.3 Å². The summed E-state index contributed by atoms with van der Waals surface area (Å²) in [5.74, 6) is -1.32. The van der Waals surface area contributed by atoms with E-state index in [1.165, 1.54) is 6.08 Å². The van der Waals surface area contributed by atoms with E-state index in [9.17, 15) is 14.4 Å². The van der Waals surface area contributed by atoms with Gasteiger partial charge in [0.2, 0.25) is 0 Å². The maximum absolute atomic E-state index is 12.7. The van der Waals surface area contributed by atoms with Crippen LogP contribution in [0.5, 0.6) is 0 Å². The summed E-state index contributed by atoms with van der Waals surface area (Å²) in [7, 11) is 0. The quantitative estimate of drug-likeness (QED) is 0.398. The van der Waals surface area contributed by atoms with E-state index in [-0.39, 0.29) is 24.8 Å². The van der Waals surface area contributed by atoms with Crippen molar-refractivity contribution in [2.45, 2.75) is 0 Å². The van der Waals surface area contributed by atoms with Gasteiger partial charge in [-0.2, -0.15) is 0 Å². The van der Waals surface area contributed by atoms with Gasteiger partial charge in [0.15, 0.2) is 0 Å². The Bertz CT molecular complexity index is 1210. The molecule has 0 fully saturated rings. The van der Waals surface area contributed by atoms with Crippen molar-refractivity contribution in [3.63, 3.8) is 0 Å². The Hall–Kier alpha value is -4.43. The lowest BCUT2D eigenvalue weighted by Gasteiger charge is -2.14. The molecule has 0 aliphatic carbocycles. The lowest BCUT2D eigenvalue weighted by molar-refractivity contribution is -0.137. The third-order valence-corrected chi connectivity index (χ3v) is 4.94. The summed E-state index contributed by atoms with van der Waals surface area (Å²) >= 11 is 0. The zero-order chi connectivity index (χ0) is 23.2. The van der Waals surface area contributed by atoms with Gasteiger partial charge in [0.25, 0.3) is 17.7 Å². The predicted molar refractivity (Wildman–Crippen MR) is 126 cm³/mol. The van der Waals surface area contributed by atoms with Crippen LogP contribution in [0, 0.1) is 0 Å². The van der Waals surface area contributed by atoms with Crippen LogP contribution in [-0.2, 0) is 9.59 Å². The standard InChI is InChI=1S/C25H22N4O4/c30-14-13-29-23(31)16-22(25(29)33)27-21-8-4-5-17(15-21)24(32)28-20-11-9-19(10-12-20)26-18-6-2-1-3-7-18/h1-12,15-16,26-27,30H,13-14H2,(H,28,32). The number of carbonyl (C=O) groups excluding carboxylic acids is 3. The molecule has 1 aliphatic rings. The first-order chi connectivity index (χ1) is 16.0. The summed E-state index contributed by atoms with van der Waals surface area (Å²) < 4.78 is 0. The Kier molecular flexibility index (Phi) is 6.47. The zero-order valence-electron chi connectivity index (χ0n) is 17.6. The summed E-state index contributed by atoms with van der Waals surface area (Å²) in [4.78, 5) is 37.8. The molecule has 0 spiro atoms. The smallest absolute Gasteiger partial charge is 0.277 e. The molecule has 0 atom stereocenters. The molecule has 0 aromatic heterocycles. The summed E-state index contributed by atoms with van der Waals surface area (Å²) in [5.41, 5.74) is 3.46. The van der Waals surface area contributed by atoms with E-state index in [0.29, 0.717) is 16.9 Å². The highest BCUT2D eigenvalue weighted by molar-refractivity contribution is 6.17. The van der Waals surface area contributed by atoms with E-state index in [0.717, 1.165) is 16.3 Å². The van der Waals surface area contributed by atoms with Crippen LogP contribution >= 0.6 is 0 Å². The maximum atomic E-state index is 12.7. The first kappa shape index (κ1) is 21.8. The highest BCUT2D eigenvalue weighted by Crippen LogP contribution is 2.21. The average Bonchev–Trinajstić information content (AvgIpc) is 3.09. The highest BCUT2D eigenvalue weighted by Gasteiger charge is 2.30. The molecule has 8 heteroatoms. The van der Waals surface area contributed by atoms with E-state index in [1.54, 1.807) is 36.4 Å². The fourth-order valence-corrected chi connectivity index (χ4v) is 3.33. The van der Waals surface area contributed by atoms with Gasteiger partial charge < -0.3 is 21.1 Å². The van der Waals surface area contributed by atoms with E-state index >= 15 is 0 Å². The number of nitrogens with one attached hydrogen (secondary N) is 3. The molecule has 0 saturated carbocycles. The molecule has 1 heterocycles. The van der Waals surface area contributed by atoms with E-state index in [1.807, 2.05) is 42.5 Å². The van der Waals surface area contributed by atoms with Crippen molar-refractivity contribution >= 4 is 40.5 Å². The van der Waals surface area contributed by atoms with E-state index in [4.69, 9.17) is 5.11 Å². The average molecular weight is 442 g/mol. The van der Waals surface area contributed by atoms with Gasteiger partial charge in [0.05, 0.1) is 13.2 Å². The van der Waals surface area contributed by atoms with Crippen LogP contribution in [0.2, 0.25) is 0 Å². The Morgan fingerprint density at radius 1 is 0.788 bits per heavy atom. The highest BCUT2D eigenvalue weighted by atomic mass is 16.3. The molecule has 3 aromatic carbocycles. The molecule has 4 N–H and O–H groups in total. The molecule has 3 aromatic rings. The molecular formula is C25H22N4O4. The number of para-hydroxylation sites is 1.